The molecule has 0 saturated carbocycles. The maximum absolute atomic E-state index is 5.20. The molecule has 0 aromatic heterocycles. The minimum atomic E-state index is 0.177. The van der Waals surface area contributed by atoms with Crippen molar-refractivity contribution in [1.29, 1.82) is 0 Å². The van der Waals surface area contributed by atoms with Gasteiger partial charge < -0.3 is 10.1 Å². The van der Waals surface area contributed by atoms with Crippen LogP contribution in [0.2, 0.25) is 0 Å². The molecule has 0 aromatic rings. The van der Waals surface area contributed by atoms with E-state index in [0.29, 0.717) is 6.61 Å². The topological polar surface area (TPSA) is 33.3 Å². The number of hydrogen-bond acceptors (Lipinski definition) is 3. The van der Waals surface area contributed by atoms with Gasteiger partial charge in [0, 0.05) is 26.2 Å². The van der Waals surface area contributed by atoms with Crippen LogP contribution in [0.4, 0.5) is 0 Å². The predicted molar refractivity (Wildman–Crippen MR) is 36.0 cm³/mol. The molecule has 3 heteroatoms. The van der Waals surface area contributed by atoms with Crippen molar-refractivity contribution in [2.24, 2.45) is 0 Å². The minimum Gasteiger partial charge on any atom is -0.362 e. The van der Waals surface area contributed by atoms with E-state index in [9.17, 15) is 0 Å². The zero-order valence-corrected chi connectivity index (χ0v) is 5.52. The van der Waals surface area contributed by atoms with Crippen LogP contribution in [0.5, 0.6) is 0 Å². The lowest BCUT2D eigenvalue weighted by Gasteiger charge is -2.23. The number of nitrogens with one attached hydrogen (secondary N) is 2. The molecule has 0 spiro atoms. The van der Waals surface area contributed by atoms with Crippen LogP contribution in [0, 0.1) is 6.92 Å². The van der Waals surface area contributed by atoms with Crippen molar-refractivity contribution in [2.75, 3.05) is 26.2 Å². The smallest absolute Gasteiger partial charge is 0.120 e. The monoisotopic (exact) mass is 129 g/mol. The van der Waals surface area contributed by atoms with Gasteiger partial charge in [-0.05, 0) is 6.92 Å². The molecule has 0 bridgehead atoms. The van der Waals surface area contributed by atoms with Gasteiger partial charge in [0.05, 0.1) is 0 Å². The third-order valence-electron chi connectivity index (χ3n) is 1.32. The zero-order valence-electron chi connectivity index (χ0n) is 5.52. The second-order valence-corrected chi connectivity index (χ2v) is 2.02. The highest BCUT2D eigenvalue weighted by atomic mass is 16.5. The van der Waals surface area contributed by atoms with Crippen molar-refractivity contribution < 1.29 is 4.74 Å². The Balaban J connectivity index is 2.08. The normalized spacial score (nSPS) is 28.3. The Kier molecular flexibility index (Phi) is 2.97. The van der Waals surface area contributed by atoms with E-state index in [1.807, 2.05) is 0 Å². The van der Waals surface area contributed by atoms with Crippen molar-refractivity contribution in [3.8, 4) is 0 Å². The number of piperazine rings is 1. The average molecular weight is 129 g/mol. The number of rotatable bonds is 2. The maximum Gasteiger partial charge on any atom is 0.120 e. The quantitative estimate of drug-likeness (QED) is 0.520. The van der Waals surface area contributed by atoms with Crippen molar-refractivity contribution >= 4 is 0 Å². The van der Waals surface area contributed by atoms with E-state index in [4.69, 9.17) is 4.74 Å². The van der Waals surface area contributed by atoms with Gasteiger partial charge in [-0.1, -0.05) is 0 Å². The van der Waals surface area contributed by atoms with E-state index >= 15 is 0 Å². The molecule has 53 valence electrons. The van der Waals surface area contributed by atoms with Crippen LogP contribution in [0.15, 0.2) is 0 Å². The SMILES string of the molecule is [CH2]COC1CNCCN1. The lowest BCUT2D eigenvalue weighted by Crippen LogP contribution is -2.49. The molecule has 0 aliphatic carbocycles. The van der Waals surface area contributed by atoms with Gasteiger partial charge in [-0.25, -0.2) is 0 Å². The second-order valence-electron chi connectivity index (χ2n) is 2.02. The van der Waals surface area contributed by atoms with Gasteiger partial charge in [0.15, 0.2) is 0 Å². The average Bonchev–Trinajstić information content (AvgIpc) is 1.91. The lowest BCUT2D eigenvalue weighted by atomic mass is 10.4. The van der Waals surface area contributed by atoms with Gasteiger partial charge in [-0.15, -0.1) is 0 Å². The minimum absolute atomic E-state index is 0.177. The molecule has 0 amide bonds. The summed E-state index contributed by atoms with van der Waals surface area (Å²) in [6, 6.07) is 0. The largest absolute Gasteiger partial charge is 0.362 e. The zero-order chi connectivity index (χ0) is 6.53. The Morgan fingerprint density at radius 1 is 1.56 bits per heavy atom. The molecule has 1 aliphatic heterocycles. The highest BCUT2D eigenvalue weighted by molar-refractivity contribution is 4.66. The molecule has 1 radical (unpaired) electrons. The van der Waals surface area contributed by atoms with Gasteiger partial charge in [-0.2, -0.15) is 0 Å². The van der Waals surface area contributed by atoms with E-state index in [1.54, 1.807) is 0 Å². The Hall–Kier alpha value is -0.120. The van der Waals surface area contributed by atoms with Crippen LogP contribution in [-0.2, 0) is 4.74 Å². The Morgan fingerprint density at radius 3 is 3.00 bits per heavy atom. The Bertz CT molecular complexity index is 68.7. The fourth-order valence-electron chi connectivity index (χ4n) is 0.887. The third-order valence-corrected chi connectivity index (χ3v) is 1.32. The van der Waals surface area contributed by atoms with E-state index in [-0.39, 0.29) is 6.23 Å². The van der Waals surface area contributed by atoms with E-state index in [1.165, 1.54) is 0 Å². The highest BCUT2D eigenvalue weighted by Crippen LogP contribution is 1.87. The molecule has 1 fully saturated rings. The molecule has 9 heavy (non-hydrogen) atoms. The van der Waals surface area contributed by atoms with E-state index in [2.05, 4.69) is 17.6 Å². The number of hydrogen-bond donors (Lipinski definition) is 2. The summed E-state index contributed by atoms with van der Waals surface area (Å²) >= 11 is 0. The standard InChI is InChI=1S/C6H13N2O/c1-2-9-6-5-7-3-4-8-6/h6-8H,1-5H2. The fourth-order valence-corrected chi connectivity index (χ4v) is 0.887. The van der Waals surface area contributed by atoms with Gasteiger partial charge in [-0.3, -0.25) is 5.32 Å². The summed E-state index contributed by atoms with van der Waals surface area (Å²) in [7, 11) is 0. The highest BCUT2D eigenvalue weighted by Gasteiger charge is 2.09. The summed E-state index contributed by atoms with van der Waals surface area (Å²) in [5.74, 6) is 0. The summed E-state index contributed by atoms with van der Waals surface area (Å²) in [4.78, 5) is 0. The second kappa shape index (κ2) is 3.82. The van der Waals surface area contributed by atoms with Crippen molar-refractivity contribution in [1.82, 2.24) is 10.6 Å². The van der Waals surface area contributed by atoms with Crippen LogP contribution in [0.1, 0.15) is 0 Å². The third kappa shape index (κ3) is 2.30. The first-order chi connectivity index (χ1) is 4.43. The van der Waals surface area contributed by atoms with Gasteiger partial charge >= 0.3 is 0 Å². The van der Waals surface area contributed by atoms with Crippen LogP contribution in [0.3, 0.4) is 0 Å². The molecule has 1 rings (SSSR count). The molecule has 0 aromatic carbocycles. The maximum atomic E-state index is 5.20. The summed E-state index contributed by atoms with van der Waals surface area (Å²) in [5.41, 5.74) is 0. The molecule has 3 nitrogen and oxygen atoms in total. The first kappa shape index (κ1) is 6.99. The van der Waals surface area contributed by atoms with Crippen molar-refractivity contribution in [3.05, 3.63) is 6.92 Å². The summed E-state index contributed by atoms with van der Waals surface area (Å²) in [6.45, 7) is 7.06. The van der Waals surface area contributed by atoms with Crippen molar-refractivity contribution in [2.45, 2.75) is 6.23 Å². The molecule has 1 heterocycles. The lowest BCUT2D eigenvalue weighted by molar-refractivity contribution is 0.0378. The summed E-state index contributed by atoms with van der Waals surface area (Å²) < 4.78 is 5.20. The molecule has 1 atom stereocenters. The summed E-state index contributed by atoms with van der Waals surface area (Å²) in [6.07, 6.45) is 0.177. The van der Waals surface area contributed by atoms with Gasteiger partial charge in [0.1, 0.15) is 6.23 Å². The first-order valence-corrected chi connectivity index (χ1v) is 3.28. The first-order valence-electron chi connectivity index (χ1n) is 3.28. The van der Waals surface area contributed by atoms with Crippen molar-refractivity contribution in [3.63, 3.8) is 0 Å². The predicted octanol–water partition coefficient (Wildman–Crippen LogP) is -0.644. The Labute approximate surface area is 55.8 Å². The van der Waals surface area contributed by atoms with Crippen LogP contribution in [-0.4, -0.2) is 32.5 Å². The van der Waals surface area contributed by atoms with Crippen LogP contribution in [0.25, 0.3) is 0 Å². The molecular weight excluding hydrogens is 116 g/mol. The molecule has 1 unspecified atom stereocenters. The van der Waals surface area contributed by atoms with Crippen LogP contribution < -0.4 is 10.6 Å². The van der Waals surface area contributed by atoms with E-state index < -0.39 is 0 Å². The number of ether oxygens (including phenoxy) is 1. The van der Waals surface area contributed by atoms with Crippen LogP contribution >= 0.6 is 0 Å². The van der Waals surface area contributed by atoms with Gasteiger partial charge in [0.2, 0.25) is 0 Å². The Morgan fingerprint density at radius 2 is 2.44 bits per heavy atom. The fraction of sp³-hybridized carbons (Fsp3) is 0.833. The molecular formula is C6H13N2O. The van der Waals surface area contributed by atoms with E-state index in [0.717, 1.165) is 19.6 Å². The molecule has 1 aliphatic rings. The molecule has 2 N–H and O–H groups in total. The van der Waals surface area contributed by atoms with Gasteiger partial charge in [0.25, 0.3) is 0 Å². The summed E-state index contributed by atoms with van der Waals surface area (Å²) in [5, 5.41) is 6.40. The molecule has 1 saturated heterocycles.